The van der Waals surface area contributed by atoms with Crippen molar-refractivity contribution in [2.75, 3.05) is 0 Å². The van der Waals surface area contributed by atoms with E-state index < -0.39 is 5.41 Å². The number of carbonyl (C=O) groups excluding carboxylic acids is 3. The SMILES string of the molecule is O=CC12C3C4C5C3C1(C=O)C5(C=O)C42. The Morgan fingerprint density at radius 1 is 0.786 bits per heavy atom. The summed E-state index contributed by atoms with van der Waals surface area (Å²) in [6.45, 7) is 0. The minimum Gasteiger partial charge on any atom is -0.303 e. The molecule has 3 heteroatoms. The Balaban J connectivity index is 1.82. The predicted molar refractivity (Wildman–Crippen MR) is 42.9 cm³/mol. The molecule has 3 nitrogen and oxygen atoms in total. The molecule has 0 aliphatic heterocycles. The topological polar surface area (TPSA) is 51.2 Å². The summed E-state index contributed by atoms with van der Waals surface area (Å²) in [5.74, 6) is 2.28. The minimum absolute atomic E-state index is 0.259. The molecule has 6 saturated carbocycles. The fourth-order valence-corrected chi connectivity index (χ4v) is 6.73. The van der Waals surface area contributed by atoms with Crippen LogP contribution in [-0.4, -0.2) is 18.9 Å². The molecule has 4 atom stereocenters. The van der Waals surface area contributed by atoms with Crippen molar-refractivity contribution < 1.29 is 14.4 Å². The lowest BCUT2D eigenvalue weighted by Gasteiger charge is -3.12. The number of hydrogen-bond acceptors (Lipinski definition) is 3. The van der Waals surface area contributed by atoms with Crippen LogP contribution in [0.3, 0.4) is 0 Å². The predicted octanol–water partition coefficient (Wildman–Crippen LogP) is -0.309. The molecule has 6 aliphatic rings. The lowest BCUT2D eigenvalue weighted by molar-refractivity contribution is -0.646. The Morgan fingerprint density at radius 2 is 1.36 bits per heavy atom. The van der Waals surface area contributed by atoms with Gasteiger partial charge in [0.15, 0.2) is 0 Å². The van der Waals surface area contributed by atoms with Gasteiger partial charge in [-0.05, 0) is 29.6 Å². The summed E-state index contributed by atoms with van der Waals surface area (Å²) in [5.41, 5.74) is -1.24. The van der Waals surface area contributed by atoms with Gasteiger partial charge in [-0.3, -0.25) is 0 Å². The summed E-state index contributed by atoms with van der Waals surface area (Å²) in [6, 6.07) is 0. The third kappa shape index (κ3) is 0.191. The van der Waals surface area contributed by atoms with Gasteiger partial charge < -0.3 is 14.4 Å². The molecule has 6 aliphatic carbocycles. The van der Waals surface area contributed by atoms with Crippen LogP contribution in [-0.2, 0) is 14.4 Å². The van der Waals surface area contributed by atoms with Gasteiger partial charge in [0, 0.05) is 10.8 Å². The van der Waals surface area contributed by atoms with Crippen molar-refractivity contribution in [1.29, 1.82) is 0 Å². The van der Waals surface area contributed by atoms with Crippen LogP contribution in [0, 0.1) is 45.8 Å². The molecular weight excluding hydrogens is 180 g/mol. The monoisotopic (exact) mass is 188 g/mol. The van der Waals surface area contributed by atoms with Crippen molar-refractivity contribution in [2.45, 2.75) is 0 Å². The fraction of sp³-hybridized carbons (Fsp3) is 0.727. The van der Waals surface area contributed by atoms with Gasteiger partial charge in [-0.25, -0.2) is 0 Å². The van der Waals surface area contributed by atoms with Crippen molar-refractivity contribution >= 4 is 18.9 Å². The maximum absolute atomic E-state index is 11.2. The van der Waals surface area contributed by atoms with Crippen LogP contribution < -0.4 is 0 Å². The van der Waals surface area contributed by atoms with Gasteiger partial charge in [0.25, 0.3) is 0 Å². The van der Waals surface area contributed by atoms with E-state index in [-0.39, 0.29) is 16.7 Å². The molecule has 70 valence electrons. The summed E-state index contributed by atoms with van der Waals surface area (Å²) in [4.78, 5) is 33.5. The molecule has 6 rings (SSSR count). The maximum atomic E-state index is 11.2. The van der Waals surface area contributed by atoms with E-state index in [9.17, 15) is 14.4 Å². The van der Waals surface area contributed by atoms with Crippen LogP contribution >= 0.6 is 0 Å². The van der Waals surface area contributed by atoms with Gasteiger partial charge in [-0.15, -0.1) is 0 Å². The highest BCUT2D eigenvalue weighted by Gasteiger charge is 3.16. The van der Waals surface area contributed by atoms with E-state index in [1.54, 1.807) is 0 Å². The minimum atomic E-state index is -0.516. The van der Waals surface area contributed by atoms with Crippen molar-refractivity contribution in [3.8, 4) is 0 Å². The molecule has 6 fully saturated rings. The first-order valence-corrected chi connectivity index (χ1v) is 5.18. The van der Waals surface area contributed by atoms with Crippen LogP contribution in [0.1, 0.15) is 0 Å². The van der Waals surface area contributed by atoms with E-state index in [2.05, 4.69) is 0 Å². The lowest BCUT2D eigenvalue weighted by Crippen LogP contribution is -3.15. The van der Waals surface area contributed by atoms with Crippen molar-refractivity contribution in [2.24, 2.45) is 45.8 Å². The molecule has 0 aromatic rings. The van der Waals surface area contributed by atoms with E-state index in [4.69, 9.17) is 0 Å². The van der Waals surface area contributed by atoms with Gasteiger partial charge in [-0.2, -0.15) is 0 Å². The first-order valence-electron chi connectivity index (χ1n) is 5.18. The van der Waals surface area contributed by atoms with Crippen molar-refractivity contribution in [3.63, 3.8) is 0 Å². The molecular formula is C11H8O3. The molecule has 0 bridgehead atoms. The summed E-state index contributed by atoms with van der Waals surface area (Å²) >= 11 is 0. The van der Waals surface area contributed by atoms with E-state index >= 15 is 0 Å². The highest BCUT2D eigenvalue weighted by Crippen LogP contribution is 3.13. The third-order valence-electron chi connectivity index (χ3n) is 6.66. The second-order valence-electron chi connectivity index (χ2n) is 5.72. The first kappa shape index (κ1) is 6.49. The zero-order valence-electron chi connectivity index (χ0n) is 7.34. The van der Waals surface area contributed by atoms with Crippen molar-refractivity contribution in [3.05, 3.63) is 0 Å². The van der Waals surface area contributed by atoms with E-state index in [0.717, 1.165) is 18.9 Å². The van der Waals surface area contributed by atoms with Crippen molar-refractivity contribution in [1.82, 2.24) is 0 Å². The lowest BCUT2D eigenvalue weighted by atomic mass is 8.88. The molecule has 14 heavy (non-hydrogen) atoms. The van der Waals surface area contributed by atoms with Gasteiger partial charge in [-0.1, -0.05) is 0 Å². The zero-order chi connectivity index (χ0) is 9.51. The molecule has 0 aromatic heterocycles. The first-order chi connectivity index (χ1) is 6.79. The second-order valence-corrected chi connectivity index (χ2v) is 5.72. The zero-order valence-corrected chi connectivity index (χ0v) is 7.34. The van der Waals surface area contributed by atoms with Gasteiger partial charge in [0.1, 0.15) is 18.9 Å². The maximum Gasteiger partial charge on any atom is 0.128 e. The molecule has 0 heterocycles. The summed E-state index contributed by atoms with van der Waals surface area (Å²) in [5, 5.41) is 0. The molecule has 0 aromatic carbocycles. The van der Waals surface area contributed by atoms with Gasteiger partial charge >= 0.3 is 0 Å². The van der Waals surface area contributed by atoms with E-state index in [1.807, 2.05) is 0 Å². The Kier molecular flexibility index (Phi) is 0.550. The Bertz CT molecular complexity index is 423. The summed E-state index contributed by atoms with van der Waals surface area (Å²) < 4.78 is 0. The van der Waals surface area contributed by atoms with Gasteiger partial charge in [0.05, 0.1) is 5.41 Å². The highest BCUT2D eigenvalue weighted by atomic mass is 16.1. The molecule has 0 radical (unpaired) electrons. The van der Waals surface area contributed by atoms with Crippen LogP contribution in [0.2, 0.25) is 0 Å². The van der Waals surface area contributed by atoms with Crippen LogP contribution in [0.4, 0.5) is 0 Å². The molecule has 0 N–H and O–H groups in total. The fourth-order valence-electron chi connectivity index (χ4n) is 6.73. The average molecular weight is 188 g/mol. The standard InChI is InChI=1S/C11H8O3/c12-1-9-5-4-6-7(5)11(9,3-14)10(6,2-13)8(4)9/h1-8H. The highest BCUT2D eigenvalue weighted by molar-refractivity contribution is 5.99. The number of hydrogen-bond donors (Lipinski definition) is 0. The number of aldehydes is 3. The van der Waals surface area contributed by atoms with Crippen LogP contribution in [0.5, 0.6) is 0 Å². The summed E-state index contributed by atoms with van der Waals surface area (Å²) in [7, 11) is 0. The van der Waals surface area contributed by atoms with Crippen LogP contribution in [0.25, 0.3) is 0 Å². The Labute approximate surface area is 79.8 Å². The normalized spacial score (nSPS) is 81.9. The largest absolute Gasteiger partial charge is 0.303 e. The average Bonchev–Trinajstić information content (AvgIpc) is 2.26. The van der Waals surface area contributed by atoms with Gasteiger partial charge in [0.2, 0.25) is 0 Å². The van der Waals surface area contributed by atoms with E-state index in [1.165, 1.54) is 0 Å². The smallest absolute Gasteiger partial charge is 0.128 e. The molecule has 0 amide bonds. The second kappa shape index (κ2) is 1.19. The third-order valence-corrected chi connectivity index (χ3v) is 6.66. The number of rotatable bonds is 3. The molecule has 0 spiro atoms. The van der Waals surface area contributed by atoms with Crippen LogP contribution in [0.15, 0.2) is 0 Å². The molecule has 0 saturated heterocycles. The summed E-state index contributed by atoms with van der Waals surface area (Å²) in [6.07, 6.45) is 2.90. The Morgan fingerprint density at radius 3 is 1.79 bits per heavy atom. The van der Waals surface area contributed by atoms with E-state index in [0.29, 0.717) is 23.7 Å². The Hall–Kier alpha value is -0.990. The number of carbonyl (C=O) groups is 3. The molecule has 4 unspecified atom stereocenters. The quantitative estimate of drug-likeness (QED) is 0.571.